The number of hydrogen-bond donors (Lipinski definition) is 0. The third kappa shape index (κ3) is 6.72. The van der Waals surface area contributed by atoms with Gasteiger partial charge in [-0.1, -0.05) is 182 Å². The number of hydrogen-bond acceptors (Lipinski definition) is 2. The summed E-state index contributed by atoms with van der Waals surface area (Å²) in [5.74, 6) is 0. The quantitative estimate of drug-likeness (QED) is 0.140. The van der Waals surface area contributed by atoms with Crippen LogP contribution in [0.2, 0.25) is 0 Å². The molecule has 0 aromatic heterocycles. The zero-order valence-corrected chi connectivity index (χ0v) is 38.3. The highest BCUT2D eigenvalue weighted by atomic mass is 15.1. The van der Waals surface area contributed by atoms with Crippen molar-refractivity contribution in [3.8, 4) is 22.3 Å². The van der Waals surface area contributed by atoms with Crippen LogP contribution in [0.15, 0.2) is 267 Å². The highest BCUT2D eigenvalue weighted by molar-refractivity contribution is 6.29. The average Bonchev–Trinajstić information content (AvgIpc) is 3.42. The maximum Gasteiger partial charge on any atom is 0.0468 e. The van der Waals surface area contributed by atoms with Crippen LogP contribution in [0.3, 0.4) is 0 Å². The van der Waals surface area contributed by atoms with E-state index in [9.17, 15) is 0 Å². The zero-order chi connectivity index (χ0) is 46.1. The fourth-order valence-corrected chi connectivity index (χ4v) is 11.1. The molecule has 70 heavy (non-hydrogen) atoms. The van der Waals surface area contributed by atoms with Crippen molar-refractivity contribution >= 4 is 110 Å². The van der Waals surface area contributed by atoms with Crippen LogP contribution in [0.25, 0.3) is 97.7 Å². The summed E-state index contributed by atoms with van der Waals surface area (Å²) in [6, 6.07) is 98.2. The summed E-state index contributed by atoms with van der Waals surface area (Å²) in [4.78, 5) is 4.76. The van der Waals surface area contributed by atoms with Gasteiger partial charge in [0.15, 0.2) is 0 Å². The Bertz CT molecular complexity index is 3860. The smallest absolute Gasteiger partial charge is 0.0468 e. The van der Waals surface area contributed by atoms with Gasteiger partial charge in [0.25, 0.3) is 0 Å². The van der Waals surface area contributed by atoms with Gasteiger partial charge in [0, 0.05) is 34.1 Å². The molecule has 326 valence electrons. The summed E-state index contributed by atoms with van der Waals surface area (Å²) in [5.41, 5.74) is 11.6. The van der Waals surface area contributed by atoms with Gasteiger partial charge in [-0.25, -0.2) is 0 Å². The van der Waals surface area contributed by atoms with Crippen LogP contribution < -0.4 is 9.80 Å². The van der Waals surface area contributed by atoms with E-state index in [4.69, 9.17) is 0 Å². The minimum absolute atomic E-state index is 1.11. The molecule has 0 saturated carbocycles. The number of nitrogens with zero attached hydrogens (tertiary/aromatic N) is 2. The number of anilines is 6. The van der Waals surface area contributed by atoms with E-state index in [1.807, 2.05) is 0 Å². The largest absolute Gasteiger partial charge is 0.310 e. The third-order valence-electron chi connectivity index (χ3n) is 14.5. The van der Waals surface area contributed by atoms with Gasteiger partial charge in [-0.3, -0.25) is 0 Å². The molecule has 0 saturated heterocycles. The lowest BCUT2D eigenvalue weighted by Gasteiger charge is -2.27. The van der Waals surface area contributed by atoms with Gasteiger partial charge in [-0.05, 0) is 183 Å². The Hall–Kier alpha value is -9.24. The first-order chi connectivity index (χ1) is 34.7. The Labute approximate surface area is 406 Å². The zero-order valence-electron chi connectivity index (χ0n) is 38.3. The lowest BCUT2D eigenvalue weighted by Crippen LogP contribution is -2.10. The summed E-state index contributed by atoms with van der Waals surface area (Å²) < 4.78 is 0. The van der Waals surface area contributed by atoms with Gasteiger partial charge in [0.05, 0.1) is 0 Å². The Morgan fingerprint density at radius 3 is 0.771 bits per heavy atom. The SMILES string of the molecule is c1ccc2cc(N(c3ccc(-c4cc5cccc6c(-c7ccc(N(c8ccc9ccccc9c8)c8ccc9ccccc9c8)cc7)cc7cccc4c7c56)cc3)c3ccc4ccccc4c3)ccc2c1. The van der Waals surface area contributed by atoms with Crippen LogP contribution in [0.4, 0.5) is 34.1 Å². The standard InChI is InChI=1S/C68H44N2/c1-5-15-51-39-59(35-23-45(51)11-1)69(60-36-24-46-12-2-6-16-52(46)40-60)57-31-27-49(28-32-57)65-43-55-19-10-22-64-66(44-56-20-9-21-63(65)67(56)68(55)64)50-29-33-58(34-30-50)70(61-37-25-47-13-3-7-17-53(47)41-61)62-38-26-48-14-4-8-18-54(48)42-62/h1-44H. The minimum atomic E-state index is 1.11. The van der Waals surface area contributed by atoms with Crippen molar-refractivity contribution in [2.24, 2.45) is 0 Å². The van der Waals surface area contributed by atoms with Gasteiger partial charge < -0.3 is 9.80 Å². The van der Waals surface area contributed by atoms with Crippen LogP contribution >= 0.6 is 0 Å². The summed E-state index contributed by atoms with van der Waals surface area (Å²) in [6.07, 6.45) is 0. The van der Waals surface area contributed by atoms with Crippen molar-refractivity contribution in [2.45, 2.75) is 0 Å². The monoisotopic (exact) mass is 888 g/mol. The topological polar surface area (TPSA) is 6.48 Å². The second kappa shape index (κ2) is 16.2. The third-order valence-corrected chi connectivity index (χ3v) is 14.5. The molecule has 0 bridgehead atoms. The molecule has 0 N–H and O–H groups in total. The van der Waals surface area contributed by atoms with E-state index < -0.39 is 0 Å². The number of fused-ring (bicyclic) bond motifs is 4. The summed E-state index contributed by atoms with van der Waals surface area (Å²) in [5, 5.41) is 17.4. The molecular formula is C68H44N2. The predicted molar refractivity (Wildman–Crippen MR) is 300 cm³/mol. The van der Waals surface area contributed by atoms with E-state index in [1.165, 1.54) is 97.7 Å². The highest BCUT2D eigenvalue weighted by Gasteiger charge is 2.20. The van der Waals surface area contributed by atoms with Crippen LogP contribution in [0.5, 0.6) is 0 Å². The molecule has 14 aromatic carbocycles. The first-order valence-corrected chi connectivity index (χ1v) is 24.1. The van der Waals surface area contributed by atoms with Crippen molar-refractivity contribution in [1.29, 1.82) is 0 Å². The molecule has 0 fully saturated rings. The molecule has 0 atom stereocenters. The Balaban J connectivity index is 0.855. The van der Waals surface area contributed by atoms with Gasteiger partial charge in [-0.15, -0.1) is 0 Å². The highest BCUT2D eigenvalue weighted by Crippen LogP contribution is 2.46. The van der Waals surface area contributed by atoms with Gasteiger partial charge in [-0.2, -0.15) is 0 Å². The molecule has 2 heteroatoms. The maximum absolute atomic E-state index is 2.40. The number of benzene rings is 14. The van der Waals surface area contributed by atoms with Crippen molar-refractivity contribution < 1.29 is 0 Å². The maximum atomic E-state index is 2.40. The van der Waals surface area contributed by atoms with E-state index in [2.05, 4.69) is 277 Å². The molecule has 14 rings (SSSR count). The Kier molecular flexibility index (Phi) is 9.25. The van der Waals surface area contributed by atoms with Crippen molar-refractivity contribution in [3.63, 3.8) is 0 Å². The van der Waals surface area contributed by atoms with E-state index in [0.29, 0.717) is 0 Å². The molecule has 0 amide bonds. The van der Waals surface area contributed by atoms with Crippen molar-refractivity contribution in [1.82, 2.24) is 0 Å². The Morgan fingerprint density at radius 1 is 0.186 bits per heavy atom. The van der Waals surface area contributed by atoms with Gasteiger partial charge >= 0.3 is 0 Å². The summed E-state index contributed by atoms with van der Waals surface area (Å²) >= 11 is 0. The van der Waals surface area contributed by atoms with E-state index in [1.54, 1.807) is 0 Å². The first-order valence-electron chi connectivity index (χ1n) is 24.1. The fraction of sp³-hybridized carbons (Fsp3) is 0. The normalized spacial score (nSPS) is 11.7. The van der Waals surface area contributed by atoms with Crippen molar-refractivity contribution in [3.05, 3.63) is 267 Å². The second-order valence-electron chi connectivity index (χ2n) is 18.5. The molecule has 0 aliphatic carbocycles. The molecule has 0 aliphatic heterocycles. The summed E-state index contributed by atoms with van der Waals surface area (Å²) in [6.45, 7) is 0. The summed E-state index contributed by atoms with van der Waals surface area (Å²) in [7, 11) is 0. The van der Waals surface area contributed by atoms with Crippen LogP contribution in [0.1, 0.15) is 0 Å². The van der Waals surface area contributed by atoms with E-state index in [-0.39, 0.29) is 0 Å². The van der Waals surface area contributed by atoms with Gasteiger partial charge in [0.1, 0.15) is 0 Å². The first kappa shape index (κ1) is 39.9. The molecule has 0 radical (unpaired) electrons. The van der Waals surface area contributed by atoms with E-state index >= 15 is 0 Å². The predicted octanol–water partition coefficient (Wildman–Crippen LogP) is 19.5. The van der Waals surface area contributed by atoms with Crippen LogP contribution in [-0.4, -0.2) is 0 Å². The second-order valence-corrected chi connectivity index (χ2v) is 18.5. The fourth-order valence-electron chi connectivity index (χ4n) is 11.1. The van der Waals surface area contributed by atoms with Crippen molar-refractivity contribution in [2.75, 3.05) is 9.80 Å². The lowest BCUT2D eigenvalue weighted by molar-refractivity contribution is 1.29. The molecular weight excluding hydrogens is 845 g/mol. The molecule has 0 aliphatic rings. The molecule has 0 unspecified atom stereocenters. The minimum Gasteiger partial charge on any atom is -0.310 e. The molecule has 0 heterocycles. The number of rotatable bonds is 8. The van der Waals surface area contributed by atoms with Crippen LogP contribution in [0, 0.1) is 0 Å². The molecule has 2 nitrogen and oxygen atoms in total. The molecule has 0 spiro atoms. The van der Waals surface area contributed by atoms with Crippen LogP contribution in [-0.2, 0) is 0 Å². The lowest BCUT2D eigenvalue weighted by atomic mass is 9.86. The van der Waals surface area contributed by atoms with Gasteiger partial charge in [0.2, 0.25) is 0 Å². The van der Waals surface area contributed by atoms with E-state index in [0.717, 1.165) is 34.1 Å². The average molecular weight is 889 g/mol. The Morgan fingerprint density at radius 2 is 0.457 bits per heavy atom. The molecule has 14 aromatic rings.